The summed E-state index contributed by atoms with van der Waals surface area (Å²) in [5.74, 6) is -0.0317. The first-order valence-electron chi connectivity index (χ1n) is 5.36. The third kappa shape index (κ3) is 2.77. The van der Waals surface area contributed by atoms with Crippen molar-refractivity contribution in [2.45, 2.75) is 23.8 Å². The molecule has 1 aliphatic rings. The molecule has 1 aromatic rings. The summed E-state index contributed by atoms with van der Waals surface area (Å²) in [7, 11) is 0. The van der Waals surface area contributed by atoms with Gasteiger partial charge in [-0.3, -0.25) is 4.79 Å². The molecule has 1 saturated heterocycles. The highest BCUT2D eigenvalue weighted by Gasteiger charge is 2.23. The molecule has 2 rings (SSSR count). The molecule has 1 aromatic carbocycles. The van der Waals surface area contributed by atoms with Crippen LogP contribution in [0.2, 0.25) is 0 Å². The van der Waals surface area contributed by atoms with Gasteiger partial charge in [0.15, 0.2) is 0 Å². The largest absolute Gasteiger partial charge is 0.368 e. The molecule has 1 fully saturated rings. The molecule has 0 bridgehead atoms. The van der Waals surface area contributed by atoms with Gasteiger partial charge in [0.1, 0.15) is 6.10 Å². The van der Waals surface area contributed by atoms with Crippen LogP contribution < -0.4 is 5.32 Å². The predicted molar refractivity (Wildman–Crippen MR) is 65.8 cm³/mol. The van der Waals surface area contributed by atoms with E-state index in [0.717, 1.165) is 23.4 Å². The van der Waals surface area contributed by atoms with Gasteiger partial charge in [-0.15, -0.1) is 11.8 Å². The quantitative estimate of drug-likeness (QED) is 0.821. The minimum atomic E-state index is -0.266. The molecule has 1 amide bonds. The Morgan fingerprint density at radius 3 is 3.12 bits per heavy atom. The summed E-state index contributed by atoms with van der Waals surface area (Å²) < 4.78 is 5.33. The van der Waals surface area contributed by atoms with E-state index in [0.29, 0.717) is 6.61 Å². The van der Waals surface area contributed by atoms with Crippen molar-refractivity contribution >= 4 is 23.4 Å². The third-order valence-electron chi connectivity index (χ3n) is 2.56. The Labute approximate surface area is 99.6 Å². The second-order valence-corrected chi connectivity index (χ2v) is 4.60. The molecule has 0 aliphatic carbocycles. The Morgan fingerprint density at radius 1 is 1.56 bits per heavy atom. The maximum atomic E-state index is 11.8. The lowest BCUT2D eigenvalue weighted by Gasteiger charge is -2.10. The van der Waals surface area contributed by atoms with Gasteiger partial charge in [0, 0.05) is 17.2 Å². The second kappa shape index (κ2) is 5.37. The summed E-state index contributed by atoms with van der Waals surface area (Å²) in [5.41, 5.74) is 0.840. The zero-order valence-corrected chi connectivity index (χ0v) is 10.0. The molecule has 1 aliphatic heterocycles. The molecule has 1 heterocycles. The number of anilines is 1. The van der Waals surface area contributed by atoms with E-state index in [9.17, 15) is 4.79 Å². The second-order valence-electron chi connectivity index (χ2n) is 3.72. The van der Waals surface area contributed by atoms with E-state index in [1.165, 1.54) is 0 Å². The van der Waals surface area contributed by atoms with Crippen LogP contribution in [0.25, 0.3) is 0 Å². The maximum Gasteiger partial charge on any atom is 0.253 e. The molecule has 0 radical (unpaired) electrons. The lowest BCUT2D eigenvalue weighted by atomic mass is 10.2. The minimum absolute atomic E-state index is 0.0317. The summed E-state index contributed by atoms with van der Waals surface area (Å²) in [6.07, 6.45) is 3.55. The molecular weight excluding hydrogens is 222 g/mol. The van der Waals surface area contributed by atoms with Gasteiger partial charge >= 0.3 is 0 Å². The number of amides is 1. The Morgan fingerprint density at radius 2 is 2.44 bits per heavy atom. The fourth-order valence-electron chi connectivity index (χ4n) is 1.71. The smallest absolute Gasteiger partial charge is 0.253 e. The topological polar surface area (TPSA) is 38.3 Å². The van der Waals surface area contributed by atoms with Crippen molar-refractivity contribution in [3.8, 4) is 0 Å². The van der Waals surface area contributed by atoms with E-state index in [1.807, 2.05) is 30.5 Å². The highest BCUT2D eigenvalue weighted by atomic mass is 32.2. The summed E-state index contributed by atoms with van der Waals surface area (Å²) in [5, 5.41) is 2.88. The molecule has 4 heteroatoms. The van der Waals surface area contributed by atoms with Gasteiger partial charge in [0.25, 0.3) is 5.91 Å². The van der Waals surface area contributed by atoms with E-state index >= 15 is 0 Å². The molecule has 0 spiro atoms. The average molecular weight is 237 g/mol. The van der Waals surface area contributed by atoms with Gasteiger partial charge < -0.3 is 10.1 Å². The fourth-order valence-corrected chi connectivity index (χ4v) is 2.17. The van der Waals surface area contributed by atoms with Gasteiger partial charge in [-0.05, 0) is 37.3 Å². The van der Waals surface area contributed by atoms with E-state index in [4.69, 9.17) is 4.74 Å². The van der Waals surface area contributed by atoms with Crippen molar-refractivity contribution in [1.82, 2.24) is 0 Å². The summed E-state index contributed by atoms with van der Waals surface area (Å²) in [4.78, 5) is 12.9. The number of benzene rings is 1. The van der Waals surface area contributed by atoms with Crippen molar-refractivity contribution in [1.29, 1.82) is 0 Å². The zero-order chi connectivity index (χ0) is 11.4. The van der Waals surface area contributed by atoms with Crippen LogP contribution in [0.15, 0.2) is 29.2 Å². The number of carbonyl (C=O) groups excluding carboxylic acids is 1. The number of carbonyl (C=O) groups is 1. The van der Waals surface area contributed by atoms with Crippen molar-refractivity contribution in [3.63, 3.8) is 0 Å². The van der Waals surface area contributed by atoms with Gasteiger partial charge in [0.05, 0.1) is 0 Å². The van der Waals surface area contributed by atoms with Crippen LogP contribution in [0, 0.1) is 0 Å². The van der Waals surface area contributed by atoms with E-state index < -0.39 is 0 Å². The number of ether oxygens (including phenoxy) is 1. The number of thioether (sulfide) groups is 1. The van der Waals surface area contributed by atoms with Crippen molar-refractivity contribution < 1.29 is 9.53 Å². The van der Waals surface area contributed by atoms with Gasteiger partial charge in [-0.2, -0.15) is 0 Å². The Bertz CT molecular complexity index is 375. The summed E-state index contributed by atoms with van der Waals surface area (Å²) in [6.45, 7) is 0.697. The molecule has 1 atom stereocenters. The van der Waals surface area contributed by atoms with E-state index in [-0.39, 0.29) is 12.0 Å². The highest BCUT2D eigenvalue weighted by molar-refractivity contribution is 7.98. The average Bonchev–Trinajstić information content (AvgIpc) is 2.83. The molecule has 86 valence electrons. The predicted octanol–water partition coefficient (Wildman–Crippen LogP) is 2.53. The van der Waals surface area contributed by atoms with Crippen LogP contribution in [0.5, 0.6) is 0 Å². The molecule has 1 N–H and O–H groups in total. The lowest BCUT2D eigenvalue weighted by Crippen LogP contribution is -2.26. The number of hydrogen-bond donors (Lipinski definition) is 1. The summed E-state index contributed by atoms with van der Waals surface area (Å²) >= 11 is 1.66. The molecule has 0 saturated carbocycles. The number of rotatable bonds is 3. The fraction of sp³-hybridized carbons (Fsp3) is 0.417. The van der Waals surface area contributed by atoms with Gasteiger partial charge in [-0.25, -0.2) is 0 Å². The van der Waals surface area contributed by atoms with Crippen LogP contribution in [-0.4, -0.2) is 24.9 Å². The lowest BCUT2D eigenvalue weighted by molar-refractivity contribution is -0.124. The standard InChI is InChI=1S/C12H15NO2S/c1-16-10-5-2-4-9(8-10)13-12(14)11-6-3-7-15-11/h2,4-5,8,11H,3,6-7H2,1H3,(H,13,14). The maximum absolute atomic E-state index is 11.8. The van der Waals surface area contributed by atoms with Crippen LogP contribution in [0.4, 0.5) is 5.69 Å². The van der Waals surface area contributed by atoms with Crippen LogP contribution in [0.1, 0.15) is 12.8 Å². The highest BCUT2D eigenvalue weighted by Crippen LogP contribution is 2.20. The number of nitrogens with one attached hydrogen (secondary N) is 1. The number of hydrogen-bond acceptors (Lipinski definition) is 3. The normalized spacial score (nSPS) is 19.7. The molecule has 3 nitrogen and oxygen atoms in total. The summed E-state index contributed by atoms with van der Waals surface area (Å²) in [6, 6.07) is 7.83. The molecule has 0 aromatic heterocycles. The van der Waals surface area contributed by atoms with Gasteiger partial charge in [0.2, 0.25) is 0 Å². The first kappa shape index (κ1) is 11.5. The first-order valence-corrected chi connectivity index (χ1v) is 6.58. The van der Waals surface area contributed by atoms with Crippen LogP contribution in [-0.2, 0) is 9.53 Å². The van der Waals surface area contributed by atoms with Crippen LogP contribution >= 0.6 is 11.8 Å². The molecule has 16 heavy (non-hydrogen) atoms. The monoisotopic (exact) mass is 237 g/mol. The molecule has 1 unspecified atom stereocenters. The van der Waals surface area contributed by atoms with Crippen molar-refractivity contribution in [3.05, 3.63) is 24.3 Å². The van der Waals surface area contributed by atoms with Crippen molar-refractivity contribution in [2.24, 2.45) is 0 Å². The van der Waals surface area contributed by atoms with E-state index in [1.54, 1.807) is 11.8 Å². The Hall–Kier alpha value is -1.00. The Kier molecular flexibility index (Phi) is 3.85. The minimum Gasteiger partial charge on any atom is -0.368 e. The van der Waals surface area contributed by atoms with Gasteiger partial charge in [-0.1, -0.05) is 6.07 Å². The first-order chi connectivity index (χ1) is 7.79. The Balaban J connectivity index is 1.99. The van der Waals surface area contributed by atoms with E-state index in [2.05, 4.69) is 5.32 Å². The van der Waals surface area contributed by atoms with Crippen LogP contribution in [0.3, 0.4) is 0 Å². The van der Waals surface area contributed by atoms with Crippen molar-refractivity contribution in [2.75, 3.05) is 18.2 Å². The third-order valence-corrected chi connectivity index (χ3v) is 3.28. The molecular formula is C12H15NO2S. The zero-order valence-electron chi connectivity index (χ0n) is 9.23. The SMILES string of the molecule is CSc1cccc(NC(=O)C2CCCO2)c1.